The Balaban J connectivity index is 2.64. The van der Waals surface area contributed by atoms with Crippen molar-refractivity contribution in [2.75, 3.05) is 16.1 Å². The number of hydrogen-bond donors (Lipinski definition) is 1. The van der Waals surface area contributed by atoms with Gasteiger partial charge >= 0.3 is 10.2 Å². The van der Waals surface area contributed by atoms with E-state index in [1.807, 2.05) is 0 Å². The topological polar surface area (TPSA) is 49.4 Å². The number of benzene rings is 1. The number of para-hydroxylation sites is 2. The molecule has 0 saturated heterocycles. The smallest absolute Gasteiger partial charge is 0.264 e. The molecular weight excluding hydrogens is 176 g/mol. The zero-order valence-electron chi connectivity index (χ0n) is 6.48. The van der Waals surface area contributed by atoms with Gasteiger partial charge in [-0.1, -0.05) is 12.1 Å². The molecule has 0 aromatic heterocycles. The summed E-state index contributed by atoms with van der Waals surface area (Å²) in [5.74, 6) is 0. The number of anilines is 2. The van der Waals surface area contributed by atoms with Crippen molar-refractivity contribution in [3.05, 3.63) is 24.3 Å². The van der Waals surface area contributed by atoms with Crippen LogP contribution in [0.25, 0.3) is 0 Å². The van der Waals surface area contributed by atoms with Gasteiger partial charge in [0.25, 0.3) is 0 Å². The van der Waals surface area contributed by atoms with E-state index in [0.29, 0.717) is 11.4 Å². The van der Waals surface area contributed by atoms with E-state index in [-0.39, 0.29) is 0 Å². The highest BCUT2D eigenvalue weighted by Gasteiger charge is 2.28. The zero-order valence-corrected chi connectivity index (χ0v) is 7.30. The molecule has 0 bridgehead atoms. The molecule has 2 rings (SSSR count). The summed E-state index contributed by atoms with van der Waals surface area (Å²) >= 11 is 0. The monoisotopic (exact) mass is 184 g/mol. The fourth-order valence-electron chi connectivity index (χ4n) is 1.17. The van der Waals surface area contributed by atoms with Crippen molar-refractivity contribution in [3.63, 3.8) is 0 Å². The van der Waals surface area contributed by atoms with Gasteiger partial charge in [-0.05, 0) is 12.1 Å². The maximum atomic E-state index is 11.2. The van der Waals surface area contributed by atoms with E-state index in [4.69, 9.17) is 0 Å². The van der Waals surface area contributed by atoms with Gasteiger partial charge in [-0.2, -0.15) is 8.42 Å². The van der Waals surface area contributed by atoms with Crippen LogP contribution in [0.5, 0.6) is 0 Å². The molecule has 12 heavy (non-hydrogen) atoms. The van der Waals surface area contributed by atoms with Gasteiger partial charge in [0, 0.05) is 7.05 Å². The number of rotatable bonds is 0. The molecule has 1 heterocycles. The van der Waals surface area contributed by atoms with Gasteiger partial charge in [-0.15, -0.1) is 0 Å². The predicted molar refractivity (Wildman–Crippen MR) is 47.4 cm³/mol. The van der Waals surface area contributed by atoms with Crippen LogP contribution in [-0.4, -0.2) is 15.5 Å². The van der Waals surface area contributed by atoms with Crippen molar-refractivity contribution in [2.45, 2.75) is 0 Å². The molecule has 1 N–H and O–H groups in total. The van der Waals surface area contributed by atoms with Crippen LogP contribution in [0, 0.1) is 0 Å². The molecule has 0 atom stereocenters. The number of nitrogens with zero attached hydrogens (tertiary/aromatic N) is 1. The van der Waals surface area contributed by atoms with Crippen LogP contribution < -0.4 is 9.03 Å². The van der Waals surface area contributed by atoms with Crippen LogP contribution in [0.15, 0.2) is 24.3 Å². The summed E-state index contributed by atoms with van der Waals surface area (Å²) in [5, 5.41) is 0. The van der Waals surface area contributed by atoms with Gasteiger partial charge in [-0.25, -0.2) is 0 Å². The van der Waals surface area contributed by atoms with E-state index in [9.17, 15) is 8.42 Å². The zero-order chi connectivity index (χ0) is 8.77. The number of hydrogen-bond acceptors (Lipinski definition) is 2. The second-order valence-electron chi connectivity index (χ2n) is 2.59. The normalized spacial score (nSPS) is 18.6. The Morgan fingerprint density at radius 2 is 2.00 bits per heavy atom. The fourth-order valence-corrected chi connectivity index (χ4v) is 2.18. The summed E-state index contributed by atoms with van der Waals surface area (Å²) in [4.78, 5) is 0. The van der Waals surface area contributed by atoms with Crippen LogP contribution in [0.3, 0.4) is 0 Å². The number of nitrogens with one attached hydrogen (secondary N) is 1. The van der Waals surface area contributed by atoms with Crippen molar-refractivity contribution in [3.8, 4) is 0 Å². The van der Waals surface area contributed by atoms with Crippen LogP contribution in [0.2, 0.25) is 0 Å². The Kier molecular flexibility index (Phi) is 1.32. The lowest BCUT2D eigenvalue weighted by Crippen LogP contribution is -2.25. The van der Waals surface area contributed by atoms with Gasteiger partial charge in [0.2, 0.25) is 0 Å². The van der Waals surface area contributed by atoms with Crippen LogP contribution >= 0.6 is 0 Å². The Hall–Kier alpha value is -1.23. The minimum Gasteiger partial charge on any atom is -0.264 e. The lowest BCUT2D eigenvalue weighted by molar-refractivity contribution is 0.601. The number of fused-ring (bicyclic) bond motifs is 1. The lowest BCUT2D eigenvalue weighted by Gasteiger charge is -2.07. The molecule has 0 aliphatic carbocycles. The van der Waals surface area contributed by atoms with Gasteiger partial charge in [-0.3, -0.25) is 9.03 Å². The van der Waals surface area contributed by atoms with Crippen LogP contribution in [-0.2, 0) is 10.2 Å². The second-order valence-corrected chi connectivity index (χ2v) is 4.29. The van der Waals surface area contributed by atoms with Crippen molar-refractivity contribution < 1.29 is 8.42 Å². The quantitative estimate of drug-likeness (QED) is 0.648. The van der Waals surface area contributed by atoms with E-state index in [1.165, 1.54) is 11.4 Å². The van der Waals surface area contributed by atoms with Crippen molar-refractivity contribution in [2.24, 2.45) is 0 Å². The summed E-state index contributed by atoms with van der Waals surface area (Å²) in [6.45, 7) is 0. The Labute approximate surface area is 71.0 Å². The largest absolute Gasteiger partial charge is 0.323 e. The molecule has 0 saturated carbocycles. The summed E-state index contributed by atoms with van der Waals surface area (Å²) in [6.07, 6.45) is 0. The van der Waals surface area contributed by atoms with E-state index < -0.39 is 10.2 Å². The molecule has 1 aromatic rings. The highest BCUT2D eigenvalue weighted by Crippen LogP contribution is 2.33. The van der Waals surface area contributed by atoms with Crippen LogP contribution in [0.1, 0.15) is 0 Å². The average Bonchev–Trinajstić information content (AvgIpc) is 2.24. The van der Waals surface area contributed by atoms with E-state index in [0.717, 1.165) is 0 Å². The Bertz CT molecular complexity index is 413. The average molecular weight is 184 g/mol. The Morgan fingerprint density at radius 3 is 2.67 bits per heavy atom. The third-order valence-corrected chi connectivity index (χ3v) is 3.24. The SMILES string of the molecule is CN1c2ccccc2NS1(=O)=O. The summed E-state index contributed by atoms with van der Waals surface area (Å²) in [7, 11) is -1.78. The van der Waals surface area contributed by atoms with Crippen molar-refractivity contribution in [1.29, 1.82) is 0 Å². The lowest BCUT2D eigenvalue weighted by atomic mass is 10.3. The summed E-state index contributed by atoms with van der Waals surface area (Å²) in [6, 6.07) is 7.08. The molecule has 0 radical (unpaired) electrons. The molecule has 1 aliphatic heterocycles. The first-order valence-corrected chi connectivity index (χ1v) is 4.91. The molecule has 1 aromatic carbocycles. The fraction of sp³-hybridized carbons (Fsp3) is 0.143. The molecule has 4 nitrogen and oxygen atoms in total. The maximum Gasteiger partial charge on any atom is 0.323 e. The second kappa shape index (κ2) is 2.13. The van der Waals surface area contributed by atoms with Crippen LogP contribution in [0.4, 0.5) is 11.4 Å². The molecule has 5 heteroatoms. The molecular formula is C7H8N2O2S. The molecule has 0 fully saturated rings. The van der Waals surface area contributed by atoms with Gasteiger partial charge < -0.3 is 0 Å². The predicted octanol–water partition coefficient (Wildman–Crippen LogP) is 0.793. The van der Waals surface area contributed by atoms with Gasteiger partial charge in [0.1, 0.15) is 0 Å². The van der Waals surface area contributed by atoms with E-state index >= 15 is 0 Å². The highest BCUT2D eigenvalue weighted by atomic mass is 32.2. The van der Waals surface area contributed by atoms with Gasteiger partial charge in [0.15, 0.2) is 0 Å². The van der Waals surface area contributed by atoms with Gasteiger partial charge in [0.05, 0.1) is 11.4 Å². The van der Waals surface area contributed by atoms with Crippen molar-refractivity contribution >= 4 is 21.6 Å². The molecule has 64 valence electrons. The Morgan fingerprint density at radius 1 is 1.33 bits per heavy atom. The third kappa shape index (κ3) is 0.863. The maximum absolute atomic E-state index is 11.2. The third-order valence-electron chi connectivity index (χ3n) is 1.84. The summed E-state index contributed by atoms with van der Waals surface area (Å²) < 4.78 is 26.1. The first-order chi connectivity index (χ1) is 5.61. The minimum atomic E-state index is -3.30. The molecule has 0 amide bonds. The summed E-state index contributed by atoms with van der Waals surface area (Å²) in [5.41, 5.74) is 1.33. The molecule has 0 unspecified atom stereocenters. The first-order valence-electron chi connectivity index (χ1n) is 3.47. The first kappa shape index (κ1) is 7.42. The van der Waals surface area contributed by atoms with E-state index in [2.05, 4.69) is 4.72 Å². The highest BCUT2D eigenvalue weighted by molar-refractivity contribution is 7.94. The molecule has 0 spiro atoms. The standard InChI is InChI=1S/C7H8N2O2S/c1-9-7-5-3-2-4-6(7)8-12(9,10)11/h2-5,8H,1H3. The minimum absolute atomic E-state index is 0.639. The van der Waals surface area contributed by atoms with Crippen molar-refractivity contribution in [1.82, 2.24) is 0 Å². The molecule has 1 aliphatic rings. The van der Waals surface area contributed by atoms with E-state index in [1.54, 1.807) is 24.3 Å².